The molecule has 0 saturated heterocycles. The summed E-state index contributed by atoms with van der Waals surface area (Å²) < 4.78 is 17.8. The molecule has 3 aromatic carbocycles. The number of nitrogens with zero attached hydrogens (tertiary/aromatic N) is 1. The number of hydrogen-bond donors (Lipinski definition) is 3. The second kappa shape index (κ2) is 11.2. The molecule has 4 rings (SSSR count). The summed E-state index contributed by atoms with van der Waals surface area (Å²) in [6.45, 7) is 0. The van der Waals surface area contributed by atoms with Gasteiger partial charge in [0.1, 0.15) is 11.6 Å². The van der Waals surface area contributed by atoms with Gasteiger partial charge in [-0.2, -0.15) is 0 Å². The van der Waals surface area contributed by atoms with E-state index in [0.29, 0.717) is 26.6 Å². The Hall–Kier alpha value is -3.89. The quantitative estimate of drug-likeness (QED) is 0.253. The van der Waals surface area contributed by atoms with Gasteiger partial charge in [-0.1, -0.05) is 53.5 Å². The van der Waals surface area contributed by atoms with Gasteiger partial charge >= 0.3 is 0 Å². The zero-order valence-corrected chi connectivity index (χ0v) is 22.4. The average molecular weight is 569 g/mol. The highest BCUT2D eigenvalue weighted by atomic mass is 35.5. The highest BCUT2D eigenvalue weighted by Crippen LogP contribution is 2.34. The van der Waals surface area contributed by atoms with Gasteiger partial charge < -0.3 is 15.4 Å². The third kappa shape index (κ3) is 6.15. The van der Waals surface area contributed by atoms with Crippen LogP contribution < -0.4 is 20.5 Å². The van der Waals surface area contributed by atoms with E-state index in [-0.39, 0.29) is 27.8 Å². The lowest BCUT2D eigenvalue weighted by molar-refractivity contribution is 0.102. The molecule has 0 aliphatic carbocycles. The van der Waals surface area contributed by atoms with Gasteiger partial charge in [0.15, 0.2) is 0 Å². The first-order valence-corrected chi connectivity index (χ1v) is 13.6. The Morgan fingerprint density at radius 1 is 0.947 bits per heavy atom. The van der Waals surface area contributed by atoms with Gasteiger partial charge in [0, 0.05) is 22.8 Å². The zero-order chi connectivity index (χ0) is 27.4. The predicted octanol–water partition coefficient (Wildman–Crippen LogP) is 5.52. The van der Waals surface area contributed by atoms with E-state index >= 15 is 0 Å². The van der Waals surface area contributed by atoms with Gasteiger partial charge in [-0.3, -0.25) is 14.7 Å². The molecule has 4 N–H and O–H groups in total. The number of anilines is 2. The molecule has 1 unspecified atom stereocenters. The fourth-order valence-electron chi connectivity index (χ4n) is 3.68. The molecule has 11 heteroatoms. The number of benzene rings is 3. The SMILES string of the molecule is C=S(N)(=O)c1ccccc1-c1ccc(C(=O)Nc2c(OC)cc(Cl)cc2C(=O)Nc2ccc(Cl)cn2)cc1. The summed E-state index contributed by atoms with van der Waals surface area (Å²) in [7, 11) is -1.55. The molecular formula is C27H22Cl2N4O4S. The number of carbonyl (C=O) groups excluding carboxylic acids is 2. The molecule has 194 valence electrons. The van der Waals surface area contributed by atoms with Crippen LogP contribution in [0.2, 0.25) is 10.0 Å². The van der Waals surface area contributed by atoms with E-state index in [9.17, 15) is 13.8 Å². The van der Waals surface area contributed by atoms with Crippen molar-refractivity contribution in [1.82, 2.24) is 4.98 Å². The van der Waals surface area contributed by atoms with Gasteiger partial charge in [-0.15, -0.1) is 0 Å². The van der Waals surface area contributed by atoms with Gasteiger partial charge in [0.05, 0.1) is 38.0 Å². The van der Waals surface area contributed by atoms with Crippen LogP contribution in [-0.2, 0) is 9.71 Å². The van der Waals surface area contributed by atoms with Crippen molar-refractivity contribution in [2.75, 3.05) is 17.7 Å². The van der Waals surface area contributed by atoms with Gasteiger partial charge in [0.25, 0.3) is 11.8 Å². The molecule has 0 aliphatic heterocycles. The number of pyridine rings is 1. The third-order valence-corrected chi connectivity index (χ3v) is 7.00. The fraction of sp³-hybridized carbons (Fsp3) is 0.0370. The minimum Gasteiger partial charge on any atom is -0.494 e. The van der Waals surface area contributed by atoms with Crippen molar-refractivity contribution < 1.29 is 18.5 Å². The maximum atomic E-state index is 13.2. The molecule has 8 nitrogen and oxygen atoms in total. The average Bonchev–Trinajstić information content (AvgIpc) is 2.90. The van der Waals surface area contributed by atoms with Crippen LogP contribution in [0.4, 0.5) is 11.5 Å². The summed E-state index contributed by atoms with van der Waals surface area (Å²) in [5.74, 6) is 2.96. The maximum Gasteiger partial charge on any atom is 0.259 e. The molecule has 0 spiro atoms. The number of ether oxygens (including phenoxy) is 1. The van der Waals surface area contributed by atoms with Crippen molar-refractivity contribution in [1.29, 1.82) is 0 Å². The molecule has 0 aliphatic rings. The largest absolute Gasteiger partial charge is 0.494 e. The molecule has 4 aromatic rings. The number of nitrogens with two attached hydrogens (primary N) is 1. The van der Waals surface area contributed by atoms with Crippen molar-refractivity contribution in [3.63, 3.8) is 0 Å². The maximum absolute atomic E-state index is 13.2. The van der Waals surface area contributed by atoms with Crippen molar-refractivity contribution in [2.24, 2.45) is 5.14 Å². The summed E-state index contributed by atoms with van der Waals surface area (Å²) >= 11 is 12.1. The monoisotopic (exact) mass is 568 g/mol. The molecule has 1 aromatic heterocycles. The van der Waals surface area contributed by atoms with Gasteiger partial charge in [-0.25, -0.2) is 9.19 Å². The van der Waals surface area contributed by atoms with E-state index in [4.69, 9.17) is 33.1 Å². The van der Waals surface area contributed by atoms with E-state index in [1.807, 2.05) is 0 Å². The minimum absolute atomic E-state index is 0.0677. The smallest absolute Gasteiger partial charge is 0.259 e. The van der Waals surface area contributed by atoms with Crippen molar-refractivity contribution in [3.8, 4) is 16.9 Å². The Morgan fingerprint density at radius 2 is 1.66 bits per heavy atom. The number of halogens is 2. The fourth-order valence-corrected chi connectivity index (χ4v) is 4.86. The minimum atomic E-state index is -2.95. The van der Waals surface area contributed by atoms with Crippen LogP contribution in [0.3, 0.4) is 0 Å². The van der Waals surface area contributed by atoms with Crippen molar-refractivity contribution >= 4 is 62.1 Å². The third-order valence-electron chi connectivity index (χ3n) is 5.46. The van der Waals surface area contributed by atoms with Crippen LogP contribution in [0, 0.1) is 0 Å². The van der Waals surface area contributed by atoms with Gasteiger partial charge in [0.2, 0.25) is 0 Å². The Morgan fingerprint density at radius 3 is 2.29 bits per heavy atom. The van der Waals surface area contributed by atoms with Crippen molar-refractivity contribution in [3.05, 3.63) is 100 Å². The number of amides is 2. The van der Waals surface area contributed by atoms with E-state index in [1.54, 1.807) is 54.6 Å². The Labute approximate surface area is 229 Å². The Kier molecular flexibility index (Phi) is 8.03. The lowest BCUT2D eigenvalue weighted by Crippen LogP contribution is -2.19. The normalized spacial score (nSPS) is 12.3. The van der Waals surface area contributed by atoms with Crippen molar-refractivity contribution in [2.45, 2.75) is 4.90 Å². The molecule has 1 atom stereocenters. The summed E-state index contributed by atoms with van der Waals surface area (Å²) in [6.07, 6.45) is 1.39. The number of nitrogens with one attached hydrogen (secondary N) is 2. The summed E-state index contributed by atoms with van der Waals surface area (Å²) in [6, 6.07) is 19.6. The number of aromatic nitrogens is 1. The first-order chi connectivity index (χ1) is 18.1. The Balaban J connectivity index is 1.63. The van der Waals surface area contributed by atoms with E-state index in [1.165, 1.54) is 31.5 Å². The van der Waals surface area contributed by atoms with Crippen LogP contribution >= 0.6 is 23.2 Å². The molecule has 1 heterocycles. The summed E-state index contributed by atoms with van der Waals surface area (Å²) in [5.41, 5.74) is 1.85. The molecule has 0 saturated carbocycles. The first kappa shape index (κ1) is 27.2. The van der Waals surface area contributed by atoms with Gasteiger partial charge in [-0.05, 0) is 53.4 Å². The standard InChI is InChI=1S/C27H22Cl2N4O4S/c1-37-22-14-19(29)13-21(27(35)32-24-12-11-18(28)15-31-24)25(22)33-26(34)17-9-7-16(8-10-17)20-5-3-4-6-23(20)38(2,30)36/h3-15H,2H2,1H3,(H2,30,36)(H,33,34)(H,31,32,35). The lowest BCUT2D eigenvalue weighted by Gasteiger charge is -2.16. The molecule has 2 amide bonds. The summed E-state index contributed by atoms with van der Waals surface area (Å²) in [4.78, 5) is 30.7. The van der Waals surface area contributed by atoms with E-state index < -0.39 is 21.5 Å². The van der Waals surface area contributed by atoms with E-state index in [2.05, 4.69) is 21.5 Å². The molecule has 0 radical (unpaired) electrons. The molecule has 0 fully saturated rings. The second-order valence-electron chi connectivity index (χ2n) is 8.10. The highest BCUT2D eigenvalue weighted by Gasteiger charge is 2.21. The number of hydrogen-bond acceptors (Lipinski definition) is 5. The molecule has 38 heavy (non-hydrogen) atoms. The number of rotatable bonds is 7. The van der Waals surface area contributed by atoms with Crippen LogP contribution in [0.5, 0.6) is 5.75 Å². The van der Waals surface area contributed by atoms with Crippen LogP contribution in [0.25, 0.3) is 11.1 Å². The van der Waals surface area contributed by atoms with E-state index in [0.717, 1.165) is 0 Å². The predicted molar refractivity (Wildman–Crippen MR) is 153 cm³/mol. The molecule has 0 bridgehead atoms. The number of carbonyl (C=O) groups is 2. The second-order valence-corrected chi connectivity index (χ2v) is 10.9. The summed E-state index contributed by atoms with van der Waals surface area (Å²) in [5, 5.41) is 11.8. The highest BCUT2D eigenvalue weighted by molar-refractivity contribution is 7.98. The first-order valence-electron chi connectivity index (χ1n) is 11.0. The topological polar surface area (TPSA) is 123 Å². The number of methoxy groups -OCH3 is 1. The molecular weight excluding hydrogens is 547 g/mol. The zero-order valence-electron chi connectivity index (χ0n) is 20.0. The van der Waals surface area contributed by atoms with Crippen LogP contribution in [-0.4, -0.2) is 34.0 Å². The lowest BCUT2D eigenvalue weighted by atomic mass is 10.0. The Bertz CT molecular complexity index is 1620. The van der Waals surface area contributed by atoms with Crippen LogP contribution in [0.1, 0.15) is 20.7 Å². The van der Waals surface area contributed by atoms with Crippen LogP contribution in [0.15, 0.2) is 83.9 Å².